The molecule has 152 valence electrons. The Kier molecular flexibility index (Phi) is 8.44. The summed E-state index contributed by atoms with van der Waals surface area (Å²) in [7, 11) is 1.77. The Labute approximate surface area is 168 Å². The van der Waals surface area contributed by atoms with Crippen molar-refractivity contribution >= 4 is 12.0 Å². The van der Waals surface area contributed by atoms with Crippen molar-refractivity contribution in [1.82, 2.24) is 4.98 Å². The van der Waals surface area contributed by atoms with Gasteiger partial charge in [-0.2, -0.15) is 0 Å². The molecule has 0 aliphatic heterocycles. The molecule has 0 bridgehead atoms. The van der Waals surface area contributed by atoms with Gasteiger partial charge in [0.25, 0.3) is 0 Å². The Morgan fingerprint density at radius 2 is 1.79 bits per heavy atom. The number of halogens is 1. The van der Waals surface area contributed by atoms with E-state index >= 15 is 0 Å². The van der Waals surface area contributed by atoms with Crippen LogP contribution in [-0.2, 0) is 0 Å². The summed E-state index contributed by atoms with van der Waals surface area (Å²) in [6.07, 6.45) is 3.11. The van der Waals surface area contributed by atoms with Crippen LogP contribution in [0.5, 0.6) is 17.2 Å². The van der Waals surface area contributed by atoms with Crippen LogP contribution in [0.2, 0.25) is 0 Å². The van der Waals surface area contributed by atoms with Gasteiger partial charge in [0, 0.05) is 25.0 Å². The first-order valence-electron chi connectivity index (χ1n) is 9.07. The van der Waals surface area contributed by atoms with E-state index in [1.165, 1.54) is 18.2 Å². The highest BCUT2D eigenvalue weighted by Gasteiger charge is 2.06. The summed E-state index contributed by atoms with van der Waals surface area (Å²) in [4.78, 5) is 23.9. The lowest BCUT2D eigenvalue weighted by Crippen LogP contribution is -2.03. The summed E-state index contributed by atoms with van der Waals surface area (Å²) >= 11 is 0. The number of aromatic nitrogens is 1. The summed E-state index contributed by atoms with van der Waals surface area (Å²) in [5.74, 6) is 1.17. The third kappa shape index (κ3) is 7.14. The number of hydrogen-bond acceptors (Lipinski definition) is 5. The van der Waals surface area contributed by atoms with E-state index in [4.69, 9.17) is 9.47 Å². The highest BCUT2D eigenvalue weighted by Crippen LogP contribution is 2.26. The molecule has 0 saturated heterocycles. The molecule has 0 aliphatic carbocycles. The van der Waals surface area contributed by atoms with E-state index < -0.39 is 5.82 Å². The molecule has 3 aromatic rings. The molecule has 0 fully saturated rings. The number of rotatable bonds is 7. The average molecular weight is 398 g/mol. The van der Waals surface area contributed by atoms with Crippen molar-refractivity contribution in [3.63, 3.8) is 0 Å². The first kappa shape index (κ1) is 21.7. The van der Waals surface area contributed by atoms with E-state index in [2.05, 4.69) is 10.3 Å². The predicted molar refractivity (Wildman–Crippen MR) is 111 cm³/mol. The topological polar surface area (TPSA) is 80.4 Å². The van der Waals surface area contributed by atoms with Crippen LogP contribution in [-0.4, -0.2) is 24.9 Å². The van der Waals surface area contributed by atoms with Crippen LogP contribution in [0, 0.1) is 5.82 Å². The van der Waals surface area contributed by atoms with Crippen LogP contribution in [0.15, 0.2) is 65.6 Å². The molecule has 0 spiro atoms. The Balaban J connectivity index is 0.000000278. The molecule has 2 N–H and O–H groups in total. The summed E-state index contributed by atoms with van der Waals surface area (Å²) in [6.45, 7) is 2.69. The minimum Gasteiger partial charge on any atom is -0.494 e. The minimum atomic E-state index is -0.470. The number of aldehydes is 1. The van der Waals surface area contributed by atoms with E-state index in [9.17, 15) is 14.0 Å². The Bertz CT molecular complexity index is 971. The van der Waals surface area contributed by atoms with Gasteiger partial charge in [0.2, 0.25) is 5.56 Å². The molecule has 1 heterocycles. The Hall–Kier alpha value is -3.61. The third-order valence-corrected chi connectivity index (χ3v) is 3.69. The predicted octanol–water partition coefficient (Wildman–Crippen LogP) is 4.64. The first-order chi connectivity index (χ1) is 14.0. The maximum Gasteiger partial charge on any atom is 0.249 e. The largest absolute Gasteiger partial charge is 0.494 e. The van der Waals surface area contributed by atoms with Gasteiger partial charge < -0.3 is 19.8 Å². The molecule has 0 saturated carbocycles. The van der Waals surface area contributed by atoms with Crippen molar-refractivity contribution < 1.29 is 18.7 Å². The number of carbonyl (C=O) groups is 1. The fraction of sp³-hybridized carbons (Fsp3) is 0.182. The number of benzene rings is 2. The lowest BCUT2D eigenvalue weighted by molar-refractivity contribution is 0.112. The van der Waals surface area contributed by atoms with Crippen LogP contribution in [0.4, 0.5) is 10.1 Å². The van der Waals surface area contributed by atoms with Crippen molar-refractivity contribution in [2.75, 3.05) is 19.0 Å². The van der Waals surface area contributed by atoms with Crippen molar-refractivity contribution in [2.45, 2.75) is 13.3 Å². The molecule has 2 aromatic carbocycles. The highest BCUT2D eigenvalue weighted by atomic mass is 19.1. The van der Waals surface area contributed by atoms with E-state index in [-0.39, 0.29) is 11.1 Å². The number of aromatic amines is 1. The normalized spacial score (nSPS) is 9.76. The van der Waals surface area contributed by atoms with Crippen molar-refractivity contribution in [1.29, 1.82) is 0 Å². The van der Waals surface area contributed by atoms with Crippen LogP contribution < -0.4 is 20.3 Å². The van der Waals surface area contributed by atoms with E-state index in [1.807, 2.05) is 6.92 Å². The lowest BCUT2D eigenvalue weighted by Gasteiger charge is -2.09. The van der Waals surface area contributed by atoms with Crippen LogP contribution in [0.1, 0.15) is 23.7 Å². The van der Waals surface area contributed by atoms with Gasteiger partial charge in [-0.05, 0) is 55.0 Å². The number of pyridine rings is 1. The Morgan fingerprint density at radius 3 is 2.38 bits per heavy atom. The molecule has 0 atom stereocenters. The fourth-order valence-corrected chi connectivity index (χ4v) is 2.26. The summed E-state index contributed by atoms with van der Waals surface area (Å²) < 4.78 is 24.0. The van der Waals surface area contributed by atoms with Crippen molar-refractivity contribution in [2.24, 2.45) is 0 Å². The second kappa shape index (κ2) is 11.3. The smallest absolute Gasteiger partial charge is 0.249 e. The van der Waals surface area contributed by atoms with Crippen LogP contribution in [0.3, 0.4) is 0 Å². The second-order valence-corrected chi connectivity index (χ2v) is 5.91. The summed E-state index contributed by atoms with van der Waals surface area (Å²) in [5, 5.41) is 2.85. The fourth-order valence-electron chi connectivity index (χ4n) is 2.26. The average Bonchev–Trinajstić information content (AvgIpc) is 2.75. The van der Waals surface area contributed by atoms with Crippen molar-refractivity contribution in [3.8, 4) is 17.2 Å². The van der Waals surface area contributed by atoms with Crippen molar-refractivity contribution in [3.05, 3.63) is 82.5 Å². The monoisotopic (exact) mass is 398 g/mol. The number of nitrogens with one attached hydrogen (secondary N) is 2. The Morgan fingerprint density at radius 1 is 1.07 bits per heavy atom. The molecule has 6 nitrogen and oxygen atoms in total. The number of anilines is 1. The standard InChI is InChI=1S/C16H15FO3.C6H8N2O/c1-2-9-19-14-4-6-15(7-5-14)20-16-8-3-13(17)10-12(16)11-18;1-7-5-2-3-8-6(9)4-5/h3-8,10-11H,2,9H2,1H3;2-4H,1H3,(H2,7,8,9). The lowest BCUT2D eigenvalue weighted by atomic mass is 10.2. The van der Waals surface area contributed by atoms with Gasteiger partial charge in [-0.1, -0.05) is 6.92 Å². The summed E-state index contributed by atoms with van der Waals surface area (Å²) in [5.41, 5.74) is 0.928. The first-order valence-corrected chi connectivity index (χ1v) is 9.07. The molecule has 0 unspecified atom stereocenters. The minimum absolute atomic E-state index is 0.0816. The van der Waals surface area contributed by atoms with E-state index in [0.29, 0.717) is 24.4 Å². The van der Waals surface area contributed by atoms with Gasteiger partial charge in [0.1, 0.15) is 23.1 Å². The highest BCUT2D eigenvalue weighted by molar-refractivity contribution is 5.79. The molecular weight excluding hydrogens is 375 g/mol. The van der Waals surface area contributed by atoms with Gasteiger partial charge in [0.05, 0.1) is 12.2 Å². The zero-order valence-electron chi connectivity index (χ0n) is 16.3. The molecule has 0 radical (unpaired) electrons. The molecule has 0 aliphatic rings. The molecule has 0 amide bonds. The number of ether oxygens (including phenoxy) is 2. The van der Waals surface area contributed by atoms with E-state index in [0.717, 1.165) is 23.9 Å². The van der Waals surface area contributed by atoms with Crippen LogP contribution >= 0.6 is 0 Å². The van der Waals surface area contributed by atoms with Gasteiger partial charge in [0.15, 0.2) is 6.29 Å². The molecule has 3 rings (SSSR count). The van der Waals surface area contributed by atoms with Crippen LogP contribution in [0.25, 0.3) is 0 Å². The summed E-state index contributed by atoms with van der Waals surface area (Å²) in [6, 6.07) is 14.2. The molecular formula is C22H23FN2O4. The zero-order chi connectivity index (χ0) is 21.1. The van der Waals surface area contributed by atoms with Gasteiger partial charge in [-0.3, -0.25) is 9.59 Å². The maximum atomic E-state index is 13.0. The quantitative estimate of drug-likeness (QED) is 0.567. The van der Waals surface area contributed by atoms with Gasteiger partial charge in [-0.25, -0.2) is 4.39 Å². The number of hydrogen-bond donors (Lipinski definition) is 2. The molecule has 7 heteroatoms. The molecule has 1 aromatic heterocycles. The molecule has 29 heavy (non-hydrogen) atoms. The number of H-pyrrole nitrogens is 1. The second-order valence-electron chi connectivity index (χ2n) is 5.91. The SMILES string of the molecule is CCCOc1ccc(Oc2ccc(F)cc2C=O)cc1.CNc1cc[nH]c(=O)c1. The third-order valence-electron chi connectivity index (χ3n) is 3.69. The van der Waals surface area contributed by atoms with Gasteiger partial charge in [-0.15, -0.1) is 0 Å². The number of carbonyl (C=O) groups excluding carboxylic acids is 1. The maximum absolute atomic E-state index is 13.0. The van der Waals surface area contributed by atoms with Gasteiger partial charge >= 0.3 is 0 Å². The zero-order valence-corrected chi connectivity index (χ0v) is 16.3. The van der Waals surface area contributed by atoms with E-state index in [1.54, 1.807) is 43.6 Å².